The number of hydrogen-bond acceptors (Lipinski definition) is 4. The van der Waals surface area contributed by atoms with Gasteiger partial charge in [0.25, 0.3) is 0 Å². The smallest absolute Gasteiger partial charge is 0.387 e. The fraction of sp³-hybridized carbons (Fsp3) is 0.500. The maximum atomic E-state index is 12.5. The summed E-state index contributed by atoms with van der Waals surface area (Å²) in [6.07, 6.45) is 0.810. The van der Waals surface area contributed by atoms with Crippen LogP contribution in [0.5, 0.6) is 11.5 Å². The molecule has 8 heteroatoms. The summed E-state index contributed by atoms with van der Waals surface area (Å²) in [6.45, 7) is 6.06. The predicted octanol–water partition coefficient (Wildman–Crippen LogP) is 4.34. The van der Waals surface area contributed by atoms with E-state index in [1.165, 1.54) is 19.2 Å². The zero-order chi connectivity index (χ0) is 20.8. The summed E-state index contributed by atoms with van der Waals surface area (Å²) >= 11 is 0. The van der Waals surface area contributed by atoms with Gasteiger partial charge in [-0.1, -0.05) is 13.8 Å². The van der Waals surface area contributed by atoms with Crippen LogP contribution in [0.3, 0.4) is 0 Å². The Kier molecular flexibility index (Phi) is 7.37. The third kappa shape index (κ3) is 5.68. The maximum absolute atomic E-state index is 12.5. The molecule has 6 nitrogen and oxygen atoms in total. The summed E-state index contributed by atoms with van der Waals surface area (Å²) in [4.78, 5) is 12.3. The monoisotopic (exact) mass is 395 g/mol. The largest absolute Gasteiger partial charge is 0.493 e. The molecule has 1 heterocycles. The van der Waals surface area contributed by atoms with Gasteiger partial charge in [0.05, 0.1) is 12.8 Å². The lowest BCUT2D eigenvalue weighted by atomic mass is 10.1. The number of benzene rings is 1. The van der Waals surface area contributed by atoms with Crippen molar-refractivity contribution in [2.45, 2.75) is 53.7 Å². The summed E-state index contributed by atoms with van der Waals surface area (Å²) in [7, 11) is 1.36. The van der Waals surface area contributed by atoms with Crippen LogP contribution in [0.25, 0.3) is 0 Å². The summed E-state index contributed by atoms with van der Waals surface area (Å²) in [6, 6.07) is 4.36. The van der Waals surface area contributed by atoms with Crippen LogP contribution < -0.4 is 14.8 Å². The average Bonchev–Trinajstić information content (AvgIpc) is 2.85. The molecule has 0 fully saturated rings. The number of rotatable bonds is 9. The number of nitrogens with zero attached hydrogens (tertiary/aromatic N) is 2. The van der Waals surface area contributed by atoms with Crippen molar-refractivity contribution in [2.24, 2.45) is 5.92 Å². The van der Waals surface area contributed by atoms with E-state index in [1.807, 2.05) is 18.5 Å². The van der Waals surface area contributed by atoms with Crippen LogP contribution in [0, 0.1) is 19.8 Å². The van der Waals surface area contributed by atoms with Gasteiger partial charge >= 0.3 is 6.61 Å². The number of ether oxygens (including phenoxy) is 2. The molecule has 0 radical (unpaired) electrons. The van der Waals surface area contributed by atoms with E-state index in [1.54, 1.807) is 6.07 Å². The molecule has 0 unspecified atom stereocenters. The third-order valence-corrected chi connectivity index (χ3v) is 4.33. The molecule has 0 saturated heterocycles. The van der Waals surface area contributed by atoms with Gasteiger partial charge in [-0.05, 0) is 43.9 Å². The molecule has 1 aromatic heterocycles. The molecule has 2 aromatic rings. The molecule has 1 N–H and O–H groups in total. The Morgan fingerprint density at radius 2 is 1.96 bits per heavy atom. The fourth-order valence-electron chi connectivity index (χ4n) is 3.02. The molecule has 0 saturated carbocycles. The lowest BCUT2D eigenvalue weighted by molar-refractivity contribution is -0.116. The quantitative estimate of drug-likeness (QED) is 0.686. The highest BCUT2D eigenvalue weighted by molar-refractivity contribution is 5.91. The highest BCUT2D eigenvalue weighted by atomic mass is 19.3. The molecule has 0 spiro atoms. The number of hydrogen-bond donors (Lipinski definition) is 1. The number of halogens is 2. The van der Waals surface area contributed by atoms with Gasteiger partial charge in [-0.2, -0.15) is 13.9 Å². The highest BCUT2D eigenvalue weighted by Gasteiger charge is 2.15. The minimum Gasteiger partial charge on any atom is -0.493 e. The summed E-state index contributed by atoms with van der Waals surface area (Å²) in [5, 5.41) is 7.26. The summed E-state index contributed by atoms with van der Waals surface area (Å²) in [5.41, 5.74) is 3.41. The molecule has 1 amide bonds. The second-order valence-corrected chi connectivity index (χ2v) is 7.02. The molecule has 154 valence electrons. The van der Waals surface area contributed by atoms with Crippen LogP contribution in [0.15, 0.2) is 18.2 Å². The molecule has 0 aliphatic carbocycles. The number of alkyl halides is 2. The molecule has 0 aliphatic rings. The van der Waals surface area contributed by atoms with Crippen LogP contribution in [0.1, 0.15) is 37.2 Å². The van der Waals surface area contributed by atoms with Gasteiger partial charge in [-0.15, -0.1) is 0 Å². The van der Waals surface area contributed by atoms with Crippen LogP contribution in [-0.4, -0.2) is 29.4 Å². The second-order valence-electron chi connectivity index (χ2n) is 7.02. The van der Waals surface area contributed by atoms with Crippen LogP contribution in [0.4, 0.5) is 14.5 Å². The molecule has 1 aromatic carbocycles. The Hall–Kier alpha value is -2.64. The SMILES string of the molecule is COc1ccc(NC(=O)CCc2c(C)nn(CC(C)C)c2C)cc1OC(F)F. The van der Waals surface area contributed by atoms with Crippen LogP contribution >= 0.6 is 0 Å². The van der Waals surface area contributed by atoms with Crippen molar-refractivity contribution < 1.29 is 23.0 Å². The number of anilines is 1. The molecule has 28 heavy (non-hydrogen) atoms. The van der Waals surface area contributed by atoms with Gasteiger partial charge in [0.2, 0.25) is 5.91 Å². The molecular formula is C20H27F2N3O3. The zero-order valence-corrected chi connectivity index (χ0v) is 16.9. The van der Waals surface area contributed by atoms with Gasteiger partial charge < -0.3 is 14.8 Å². The van der Waals surface area contributed by atoms with Gasteiger partial charge in [0, 0.05) is 30.4 Å². The molecular weight excluding hydrogens is 368 g/mol. The second kappa shape index (κ2) is 9.52. The van der Waals surface area contributed by atoms with Gasteiger partial charge in [-0.3, -0.25) is 9.48 Å². The molecule has 0 atom stereocenters. The van der Waals surface area contributed by atoms with E-state index in [0.29, 0.717) is 18.0 Å². The third-order valence-electron chi connectivity index (χ3n) is 4.33. The van der Waals surface area contributed by atoms with E-state index in [-0.39, 0.29) is 23.8 Å². The van der Waals surface area contributed by atoms with Gasteiger partial charge in [0.1, 0.15) is 0 Å². The van der Waals surface area contributed by atoms with E-state index in [9.17, 15) is 13.6 Å². The first-order valence-electron chi connectivity index (χ1n) is 9.16. The predicted molar refractivity (Wildman–Crippen MR) is 103 cm³/mol. The summed E-state index contributed by atoms with van der Waals surface area (Å²) in [5.74, 6) is 0.302. The molecule has 0 bridgehead atoms. The molecule has 2 rings (SSSR count). The van der Waals surface area contributed by atoms with E-state index in [2.05, 4.69) is 29.0 Å². The number of carbonyl (C=O) groups is 1. The normalized spacial score (nSPS) is 11.2. The van der Waals surface area contributed by atoms with Crippen molar-refractivity contribution in [1.29, 1.82) is 0 Å². The highest BCUT2D eigenvalue weighted by Crippen LogP contribution is 2.31. The molecule has 0 aliphatic heterocycles. The number of nitrogens with one attached hydrogen (secondary N) is 1. The van der Waals surface area contributed by atoms with Gasteiger partial charge in [0.15, 0.2) is 11.5 Å². The summed E-state index contributed by atoms with van der Waals surface area (Å²) < 4.78 is 36.4. The van der Waals surface area contributed by atoms with E-state index >= 15 is 0 Å². The zero-order valence-electron chi connectivity index (χ0n) is 16.9. The Bertz CT molecular complexity index is 819. The van der Waals surface area contributed by atoms with E-state index < -0.39 is 6.61 Å². The van der Waals surface area contributed by atoms with Crippen molar-refractivity contribution in [3.63, 3.8) is 0 Å². The minimum absolute atomic E-state index is 0.128. The lowest BCUT2D eigenvalue weighted by Gasteiger charge is -2.12. The lowest BCUT2D eigenvalue weighted by Crippen LogP contribution is -2.13. The number of methoxy groups -OCH3 is 1. The van der Waals surface area contributed by atoms with Crippen molar-refractivity contribution in [2.75, 3.05) is 12.4 Å². The van der Waals surface area contributed by atoms with Crippen molar-refractivity contribution in [3.05, 3.63) is 35.2 Å². The topological polar surface area (TPSA) is 65.4 Å². The fourth-order valence-corrected chi connectivity index (χ4v) is 3.02. The standard InChI is InChI=1S/C20H27F2N3O3/c1-12(2)11-25-14(4)16(13(3)24-25)7-9-19(26)23-15-6-8-17(27-5)18(10-15)28-20(21)22/h6,8,10,12,20H,7,9,11H2,1-5H3,(H,23,26). The Labute approximate surface area is 163 Å². The number of aromatic nitrogens is 2. The van der Waals surface area contributed by atoms with Crippen molar-refractivity contribution >= 4 is 11.6 Å². The number of carbonyl (C=O) groups excluding carboxylic acids is 1. The van der Waals surface area contributed by atoms with E-state index in [4.69, 9.17) is 4.74 Å². The average molecular weight is 395 g/mol. The first-order chi connectivity index (χ1) is 13.2. The van der Waals surface area contributed by atoms with Crippen molar-refractivity contribution in [1.82, 2.24) is 9.78 Å². The van der Waals surface area contributed by atoms with Crippen LogP contribution in [0.2, 0.25) is 0 Å². The maximum Gasteiger partial charge on any atom is 0.387 e. The minimum atomic E-state index is -2.98. The number of amides is 1. The van der Waals surface area contributed by atoms with Crippen molar-refractivity contribution in [3.8, 4) is 11.5 Å². The van der Waals surface area contributed by atoms with Gasteiger partial charge in [-0.25, -0.2) is 0 Å². The first-order valence-corrected chi connectivity index (χ1v) is 9.16. The van der Waals surface area contributed by atoms with Crippen LogP contribution in [-0.2, 0) is 17.8 Å². The first kappa shape index (κ1) is 21.7. The number of aryl methyl sites for hydroxylation is 1. The van der Waals surface area contributed by atoms with E-state index in [0.717, 1.165) is 23.5 Å². The Morgan fingerprint density at radius 3 is 2.57 bits per heavy atom. The Morgan fingerprint density at radius 1 is 1.25 bits per heavy atom. The Balaban J connectivity index is 2.02.